The molecule has 0 saturated heterocycles. The van der Waals surface area contributed by atoms with Gasteiger partial charge in [-0.2, -0.15) is 0 Å². The van der Waals surface area contributed by atoms with Crippen LogP contribution in [0.15, 0.2) is 53.9 Å². The number of thiazole rings is 1. The second-order valence-corrected chi connectivity index (χ2v) is 8.88. The maximum Gasteiger partial charge on any atom is 0.267 e. The van der Waals surface area contributed by atoms with Crippen LogP contribution in [0.3, 0.4) is 0 Å². The van der Waals surface area contributed by atoms with Crippen LogP contribution >= 0.6 is 22.7 Å². The first-order valence-electron chi connectivity index (χ1n) is 9.60. The smallest absolute Gasteiger partial charge is 0.267 e. The molecule has 0 fully saturated rings. The Bertz CT molecular complexity index is 1210. The van der Waals surface area contributed by atoms with Crippen LogP contribution in [-0.2, 0) is 11.2 Å². The highest BCUT2D eigenvalue weighted by molar-refractivity contribution is 7.21. The second kappa shape index (κ2) is 8.77. The monoisotopic (exact) mass is 435 g/mol. The van der Waals surface area contributed by atoms with Gasteiger partial charge in [0.25, 0.3) is 5.91 Å². The van der Waals surface area contributed by atoms with Crippen molar-refractivity contribution in [1.29, 1.82) is 0 Å². The van der Waals surface area contributed by atoms with Crippen LogP contribution in [-0.4, -0.2) is 23.3 Å². The van der Waals surface area contributed by atoms with Gasteiger partial charge in [-0.3, -0.25) is 14.9 Å². The summed E-state index contributed by atoms with van der Waals surface area (Å²) < 4.78 is 1.11. The number of thiophene rings is 1. The quantitative estimate of drug-likeness (QED) is 0.434. The van der Waals surface area contributed by atoms with E-state index in [0.29, 0.717) is 11.7 Å². The molecule has 152 valence electrons. The van der Waals surface area contributed by atoms with Crippen LogP contribution in [0.5, 0.6) is 0 Å². The zero-order valence-corrected chi connectivity index (χ0v) is 18.3. The molecule has 0 saturated carbocycles. The molecule has 2 aromatic carbocycles. The number of nitrogens with zero attached hydrogens (tertiary/aromatic N) is 1. The fourth-order valence-electron chi connectivity index (χ4n) is 3.23. The average Bonchev–Trinajstić information content (AvgIpc) is 3.33. The van der Waals surface area contributed by atoms with Crippen LogP contribution in [0.25, 0.3) is 21.3 Å². The highest BCUT2D eigenvalue weighted by Crippen LogP contribution is 2.32. The van der Waals surface area contributed by atoms with Gasteiger partial charge in [0.2, 0.25) is 5.91 Å². The molecule has 2 heterocycles. The van der Waals surface area contributed by atoms with Crippen LogP contribution in [0.1, 0.15) is 27.7 Å². The van der Waals surface area contributed by atoms with Crippen molar-refractivity contribution in [3.63, 3.8) is 0 Å². The molecule has 0 radical (unpaired) electrons. The predicted molar refractivity (Wildman–Crippen MR) is 124 cm³/mol. The van der Waals surface area contributed by atoms with E-state index in [4.69, 9.17) is 0 Å². The largest absolute Gasteiger partial charge is 0.356 e. The average molecular weight is 436 g/mol. The minimum atomic E-state index is -0.122. The van der Waals surface area contributed by atoms with Gasteiger partial charge < -0.3 is 5.32 Å². The van der Waals surface area contributed by atoms with E-state index < -0.39 is 0 Å². The number of aryl methyl sites for hydroxylation is 1. The van der Waals surface area contributed by atoms with E-state index >= 15 is 0 Å². The lowest BCUT2D eigenvalue weighted by molar-refractivity contribution is -0.118. The molecular formula is C23H21N3O2S2. The van der Waals surface area contributed by atoms with Gasteiger partial charge >= 0.3 is 0 Å². The number of rotatable bonds is 6. The number of benzene rings is 2. The van der Waals surface area contributed by atoms with Gasteiger partial charge in [0, 0.05) is 29.1 Å². The molecule has 2 N–H and O–H groups in total. The van der Waals surface area contributed by atoms with Crippen molar-refractivity contribution in [2.45, 2.75) is 20.3 Å². The molecule has 0 bridgehead atoms. The molecule has 2 aromatic heterocycles. The Labute approximate surface area is 182 Å². The number of carbonyl (C=O) groups excluding carboxylic acids is 2. The number of amides is 2. The minimum absolute atomic E-state index is 0.0190. The van der Waals surface area contributed by atoms with Crippen LogP contribution < -0.4 is 10.6 Å². The fraction of sp³-hybridized carbons (Fsp3) is 0.174. The van der Waals surface area contributed by atoms with Gasteiger partial charge in [0.15, 0.2) is 5.13 Å². The van der Waals surface area contributed by atoms with E-state index in [-0.39, 0.29) is 11.8 Å². The van der Waals surface area contributed by atoms with Crippen molar-refractivity contribution >= 4 is 49.7 Å². The summed E-state index contributed by atoms with van der Waals surface area (Å²) in [7, 11) is 0. The molecule has 5 nitrogen and oxygen atoms in total. The Morgan fingerprint density at radius 1 is 1.07 bits per heavy atom. The molecule has 0 spiro atoms. The third-order valence-electron chi connectivity index (χ3n) is 4.81. The second-order valence-electron chi connectivity index (χ2n) is 6.97. The summed E-state index contributed by atoms with van der Waals surface area (Å²) in [5.41, 5.74) is 3.97. The van der Waals surface area contributed by atoms with Gasteiger partial charge in [-0.1, -0.05) is 42.5 Å². The Kier molecular flexibility index (Phi) is 5.92. The van der Waals surface area contributed by atoms with Crippen LogP contribution in [0, 0.1) is 6.92 Å². The molecule has 0 atom stereocenters. The minimum Gasteiger partial charge on any atom is -0.356 e. The summed E-state index contributed by atoms with van der Waals surface area (Å²) >= 11 is 2.92. The number of anilines is 1. The number of hydrogen-bond donors (Lipinski definition) is 2. The summed E-state index contributed by atoms with van der Waals surface area (Å²) in [5.74, 6) is -0.141. The van der Waals surface area contributed by atoms with E-state index in [0.717, 1.165) is 43.8 Å². The van der Waals surface area contributed by atoms with Crippen molar-refractivity contribution in [2.24, 2.45) is 0 Å². The Hall–Kier alpha value is -3.03. The van der Waals surface area contributed by atoms with Gasteiger partial charge in [0.05, 0.1) is 10.6 Å². The standard InChI is InChI=1S/C23H21N3O2S2/c1-14-18-5-3-4-6-20(18)30-21(14)22(28)26-23-25-19(13-29-23)17-9-7-16(8-10-17)11-12-24-15(2)27/h3-10,13H,11-12H2,1-2H3,(H,24,27)(H,25,26,28). The topological polar surface area (TPSA) is 71.1 Å². The Morgan fingerprint density at radius 3 is 2.57 bits per heavy atom. The lowest BCUT2D eigenvalue weighted by Crippen LogP contribution is -2.22. The lowest BCUT2D eigenvalue weighted by atomic mass is 10.1. The van der Waals surface area contributed by atoms with Crippen molar-refractivity contribution < 1.29 is 9.59 Å². The van der Waals surface area contributed by atoms with Gasteiger partial charge in [-0.05, 0) is 35.9 Å². The van der Waals surface area contributed by atoms with E-state index in [9.17, 15) is 9.59 Å². The summed E-state index contributed by atoms with van der Waals surface area (Å²) in [6.45, 7) is 4.12. The van der Waals surface area contributed by atoms with Crippen molar-refractivity contribution in [3.05, 3.63) is 69.9 Å². The predicted octanol–water partition coefficient (Wildman–Crippen LogP) is 5.26. The molecule has 30 heavy (non-hydrogen) atoms. The third-order valence-corrected chi connectivity index (χ3v) is 6.84. The molecule has 0 unspecified atom stereocenters. The number of hydrogen-bond acceptors (Lipinski definition) is 5. The SMILES string of the molecule is CC(=O)NCCc1ccc(-c2csc(NC(=O)c3sc4ccccc4c3C)n2)cc1. The van der Waals surface area contributed by atoms with Crippen molar-refractivity contribution in [2.75, 3.05) is 11.9 Å². The van der Waals surface area contributed by atoms with E-state index in [1.165, 1.54) is 29.6 Å². The normalized spacial score (nSPS) is 10.9. The molecular weight excluding hydrogens is 414 g/mol. The zero-order chi connectivity index (χ0) is 21.1. The highest BCUT2D eigenvalue weighted by atomic mass is 32.1. The summed E-state index contributed by atoms with van der Waals surface area (Å²) in [6, 6.07) is 16.1. The molecule has 7 heteroatoms. The Balaban J connectivity index is 1.44. The molecule has 4 aromatic rings. The van der Waals surface area contributed by atoms with Crippen molar-refractivity contribution in [1.82, 2.24) is 10.3 Å². The Morgan fingerprint density at radius 2 is 1.83 bits per heavy atom. The zero-order valence-electron chi connectivity index (χ0n) is 16.7. The first-order chi connectivity index (χ1) is 14.5. The summed E-state index contributed by atoms with van der Waals surface area (Å²) in [4.78, 5) is 29.0. The van der Waals surface area contributed by atoms with Gasteiger partial charge in [-0.15, -0.1) is 22.7 Å². The fourth-order valence-corrected chi connectivity index (χ4v) is 5.05. The van der Waals surface area contributed by atoms with E-state index in [2.05, 4.69) is 15.6 Å². The summed E-state index contributed by atoms with van der Waals surface area (Å²) in [5, 5.41) is 9.38. The first-order valence-corrected chi connectivity index (χ1v) is 11.3. The maximum absolute atomic E-state index is 12.8. The summed E-state index contributed by atoms with van der Waals surface area (Å²) in [6.07, 6.45) is 0.784. The number of fused-ring (bicyclic) bond motifs is 1. The van der Waals surface area contributed by atoms with Crippen LogP contribution in [0.4, 0.5) is 5.13 Å². The highest BCUT2D eigenvalue weighted by Gasteiger charge is 2.16. The lowest BCUT2D eigenvalue weighted by Gasteiger charge is -2.04. The van der Waals surface area contributed by atoms with Crippen LogP contribution in [0.2, 0.25) is 0 Å². The first kappa shape index (κ1) is 20.3. The van der Waals surface area contributed by atoms with E-state index in [1.807, 2.05) is 60.8 Å². The molecule has 2 amide bonds. The van der Waals surface area contributed by atoms with E-state index in [1.54, 1.807) is 0 Å². The van der Waals surface area contributed by atoms with Crippen molar-refractivity contribution in [3.8, 4) is 11.3 Å². The molecule has 4 rings (SSSR count). The van der Waals surface area contributed by atoms with Gasteiger partial charge in [-0.25, -0.2) is 4.98 Å². The molecule has 0 aliphatic rings. The third kappa shape index (κ3) is 4.42. The number of carbonyl (C=O) groups is 2. The molecule has 0 aliphatic heterocycles. The number of nitrogens with one attached hydrogen (secondary N) is 2. The number of aromatic nitrogens is 1. The van der Waals surface area contributed by atoms with Gasteiger partial charge in [0.1, 0.15) is 0 Å². The molecule has 0 aliphatic carbocycles. The maximum atomic E-state index is 12.8.